The number of halogens is 1. The maximum Gasteiger partial charge on any atom is 0.211 e. The van der Waals surface area contributed by atoms with Crippen LogP contribution >= 0.6 is 11.3 Å². The molecule has 0 saturated carbocycles. The number of thiazole rings is 1. The van der Waals surface area contributed by atoms with Gasteiger partial charge in [-0.2, -0.15) is 10.2 Å². The molecule has 1 aromatic carbocycles. The molecule has 1 aliphatic carbocycles. The summed E-state index contributed by atoms with van der Waals surface area (Å²) in [5.74, 6) is -0.365. The van der Waals surface area contributed by atoms with Gasteiger partial charge in [0, 0.05) is 24.7 Å². The van der Waals surface area contributed by atoms with Gasteiger partial charge < -0.3 is 4.55 Å². The van der Waals surface area contributed by atoms with E-state index in [1.807, 2.05) is 17.3 Å². The van der Waals surface area contributed by atoms with E-state index in [2.05, 4.69) is 15.2 Å². The van der Waals surface area contributed by atoms with Gasteiger partial charge in [-0.05, 0) is 55.7 Å². The second kappa shape index (κ2) is 8.77. The summed E-state index contributed by atoms with van der Waals surface area (Å²) in [6.07, 6.45) is 9.87. The highest BCUT2D eigenvalue weighted by Gasteiger charge is 2.52. The van der Waals surface area contributed by atoms with Crippen LogP contribution in [-0.4, -0.2) is 52.3 Å². The van der Waals surface area contributed by atoms with Crippen molar-refractivity contribution in [3.05, 3.63) is 81.6 Å². The summed E-state index contributed by atoms with van der Waals surface area (Å²) in [7, 11) is 1.79. The molecule has 8 nitrogen and oxygen atoms in total. The highest BCUT2D eigenvalue weighted by atomic mass is 32.2. The number of rotatable bonds is 5. The van der Waals surface area contributed by atoms with Crippen molar-refractivity contribution < 1.29 is 13.7 Å². The number of aromatic nitrogens is 5. The number of hydrogen-bond donors (Lipinski definition) is 0. The molecule has 0 bridgehead atoms. The summed E-state index contributed by atoms with van der Waals surface area (Å²) >= 11 is -0.0630. The maximum absolute atomic E-state index is 14.1. The van der Waals surface area contributed by atoms with Crippen LogP contribution in [0.3, 0.4) is 0 Å². The fourth-order valence-electron chi connectivity index (χ4n) is 5.05. The molecule has 2 aliphatic rings. The van der Waals surface area contributed by atoms with Crippen molar-refractivity contribution in [3.8, 4) is 5.69 Å². The van der Waals surface area contributed by atoms with Crippen LogP contribution in [0.1, 0.15) is 32.4 Å². The summed E-state index contributed by atoms with van der Waals surface area (Å²) in [6.45, 7) is 2.78. The average molecular weight is 523 g/mol. The van der Waals surface area contributed by atoms with E-state index in [0.29, 0.717) is 35.8 Å². The lowest BCUT2D eigenvalue weighted by atomic mass is 9.66. The van der Waals surface area contributed by atoms with Crippen molar-refractivity contribution in [2.75, 3.05) is 13.1 Å². The molecule has 4 aromatic rings. The van der Waals surface area contributed by atoms with Gasteiger partial charge in [0.05, 0.1) is 47.1 Å². The molecular weight excluding hydrogens is 499 g/mol. The first-order valence-corrected chi connectivity index (χ1v) is 13.4. The number of nitrogens with zero attached hydrogens (tertiary/aromatic N) is 6. The van der Waals surface area contributed by atoms with Crippen molar-refractivity contribution in [3.63, 3.8) is 0 Å². The van der Waals surface area contributed by atoms with Crippen molar-refractivity contribution in [2.24, 2.45) is 12.5 Å². The van der Waals surface area contributed by atoms with Gasteiger partial charge >= 0.3 is 0 Å². The topological polar surface area (TPSA) is 91.9 Å². The Morgan fingerprint density at radius 1 is 1.19 bits per heavy atom. The summed E-state index contributed by atoms with van der Waals surface area (Å²) in [5.41, 5.74) is 2.63. The van der Waals surface area contributed by atoms with Gasteiger partial charge in [0.1, 0.15) is 12.0 Å². The van der Waals surface area contributed by atoms with Gasteiger partial charge in [0.2, 0.25) is 10.7 Å². The van der Waals surface area contributed by atoms with Gasteiger partial charge in [0.15, 0.2) is 5.01 Å². The Bertz CT molecular complexity index is 1490. The van der Waals surface area contributed by atoms with Crippen molar-refractivity contribution in [1.29, 1.82) is 0 Å². The lowest BCUT2D eigenvalue weighted by molar-refractivity contribution is 0.0775. The monoisotopic (exact) mass is 522 g/mol. The Hall–Kier alpha value is -3.12. The van der Waals surface area contributed by atoms with Crippen LogP contribution in [0.5, 0.6) is 0 Å². The third-order valence-corrected chi connectivity index (χ3v) is 9.13. The van der Waals surface area contributed by atoms with Gasteiger partial charge in [-0.15, -0.1) is 15.6 Å². The van der Waals surface area contributed by atoms with Crippen LogP contribution in [0.15, 0.2) is 59.5 Å². The molecule has 0 N–H and O–H groups in total. The zero-order valence-electron chi connectivity index (χ0n) is 19.7. The highest BCUT2D eigenvalue weighted by Crippen LogP contribution is 2.47. The van der Waals surface area contributed by atoms with Crippen molar-refractivity contribution >= 4 is 34.6 Å². The highest BCUT2D eigenvalue weighted by molar-refractivity contribution is 7.89. The number of carbonyl (C=O) groups excluding carboxylic acids is 1. The third kappa shape index (κ3) is 3.83. The number of hydrogen-bond acceptors (Lipinski definition) is 7. The Balaban J connectivity index is 1.42. The summed E-state index contributed by atoms with van der Waals surface area (Å²) in [4.78, 5) is 20.1. The molecule has 2 atom stereocenters. The number of ketones is 1. The molecule has 6 rings (SSSR count). The lowest BCUT2D eigenvalue weighted by Crippen LogP contribution is -2.53. The second-order valence-corrected chi connectivity index (χ2v) is 11.9. The molecule has 0 spiro atoms. The predicted octanol–water partition coefficient (Wildman–Crippen LogP) is 3.75. The number of fused-ring (bicyclic) bond motifs is 2. The van der Waals surface area contributed by atoms with E-state index >= 15 is 0 Å². The molecule has 3 aromatic heterocycles. The van der Waals surface area contributed by atoms with E-state index < -0.39 is 16.8 Å². The second-order valence-electron chi connectivity index (χ2n) is 9.19. The lowest BCUT2D eigenvalue weighted by Gasteiger charge is -2.44. The molecule has 36 heavy (non-hydrogen) atoms. The van der Waals surface area contributed by atoms with Crippen LogP contribution in [0.25, 0.3) is 11.8 Å². The fourth-order valence-corrected chi connectivity index (χ4v) is 7.12. The quantitative estimate of drug-likeness (QED) is 0.293. The Morgan fingerprint density at radius 3 is 2.69 bits per heavy atom. The Kier molecular flexibility index (Phi) is 5.67. The fraction of sp³-hybridized carbons (Fsp3) is 0.280. The number of Topliss-reactive ketones (excluding diaryl/α,β-unsaturated/α-hetero) is 1. The Morgan fingerprint density at radius 2 is 2.00 bits per heavy atom. The summed E-state index contributed by atoms with van der Waals surface area (Å²) in [6, 6.07) is 6.19. The van der Waals surface area contributed by atoms with Crippen LogP contribution in [0, 0.1) is 18.2 Å². The number of carbonyl (C=O) groups is 1. The van der Waals surface area contributed by atoms with E-state index in [-0.39, 0.29) is 11.6 Å². The average Bonchev–Trinajstić information content (AvgIpc) is 3.61. The first kappa shape index (κ1) is 23.3. The molecule has 1 saturated heterocycles. The van der Waals surface area contributed by atoms with E-state index in [1.54, 1.807) is 53.3 Å². The largest absolute Gasteiger partial charge is 0.593 e. The minimum absolute atomic E-state index is 0.0556. The van der Waals surface area contributed by atoms with E-state index in [1.165, 1.54) is 23.5 Å². The van der Waals surface area contributed by atoms with Crippen LogP contribution in [-0.2, 0) is 24.8 Å². The van der Waals surface area contributed by atoms with Crippen molar-refractivity contribution in [1.82, 2.24) is 28.9 Å². The molecule has 0 amide bonds. The minimum Gasteiger partial charge on any atom is -0.593 e. The van der Waals surface area contributed by atoms with Gasteiger partial charge in [-0.3, -0.25) is 9.48 Å². The molecule has 0 radical (unpaired) electrons. The molecule has 1 aliphatic heterocycles. The van der Waals surface area contributed by atoms with Gasteiger partial charge in [0.25, 0.3) is 0 Å². The summed E-state index contributed by atoms with van der Waals surface area (Å²) in [5, 5.41) is 9.19. The van der Waals surface area contributed by atoms with Crippen LogP contribution in [0.2, 0.25) is 0 Å². The molecule has 1 fully saturated rings. The van der Waals surface area contributed by atoms with E-state index in [9.17, 15) is 13.7 Å². The minimum atomic E-state index is -1.45. The van der Waals surface area contributed by atoms with Gasteiger partial charge in [-0.25, -0.2) is 14.1 Å². The van der Waals surface area contributed by atoms with Crippen LogP contribution < -0.4 is 0 Å². The van der Waals surface area contributed by atoms with Crippen molar-refractivity contribution in [2.45, 2.75) is 24.7 Å². The standard InChI is InChI=1S/C25H23FN6O2S2/c1-16-11-27-24(35-16)23(33)25-10-17-12-29-32(20-5-3-19(26)4-6-20)22(17)9-18(25)7-8-31(15-25)36(34)21-13-28-30(2)14-21/h3-6,9,11-14H,7-8,10,15H2,1-2H3. The maximum atomic E-state index is 14.1. The molecule has 11 heteroatoms. The Labute approximate surface area is 214 Å². The molecular formula is C25H23FN6O2S2. The first-order valence-electron chi connectivity index (χ1n) is 11.5. The molecule has 184 valence electrons. The normalized spacial score (nSPS) is 20.5. The van der Waals surface area contributed by atoms with E-state index in [0.717, 1.165) is 27.4 Å². The van der Waals surface area contributed by atoms with E-state index in [4.69, 9.17) is 0 Å². The first-order chi connectivity index (χ1) is 17.3. The smallest absolute Gasteiger partial charge is 0.211 e. The number of aryl methyl sites for hydroxylation is 2. The molecule has 2 unspecified atom stereocenters. The van der Waals surface area contributed by atoms with Gasteiger partial charge in [-0.1, -0.05) is 5.57 Å². The zero-order chi connectivity index (χ0) is 25.0. The number of piperidine rings is 1. The summed E-state index contributed by atoms with van der Waals surface area (Å²) < 4.78 is 32.2. The molecule has 4 heterocycles. The van der Waals surface area contributed by atoms with Crippen LogP contribution in [0.4, 0.5) is 4.39 Å². The number of benzene rings is 1. The third-order valence-electron chi connectivity index (χ3n) is 6.82. The zero-order valence-corrected chi connectivity index (χ0v) is 21.4. The SMILES string of the molecule is Cc1cnc(C(=O)C23Cc4cnn(-c5ccc(F)cc5)c4C=C2CCN([S+]([O-])c2cnn(C)c2)C3)s1. The predicted molar refractivity (Wildman–Crippen MR) is 135 cm³/mol.